The molecule has 104 valence electrons. The Morgan fingerprint density at radius 1 is 1.42 bits per heavy atom. The van der Waals surface area contributed by atoms with E-state index in [9.17, 15) is 9.90 Å². The van der Waals surface area contributed by atoms with Gasteiger partial charge >= 0.3 is 5.97 Å². The Kier molecular flexibility index (Phi) is 4.21. The first kappa shape index (κ1) is 14.4. The van der Waals surface area contributed by atoms with Gasteiger partial charge in [0.05, 0.1) is 0 Å². The van der Waals surface area contributed by atoms with Gasteiger partial charge in [-0.3, -0.25) is 4.79 Å². The zero-order chi connectivity index (χ0) is 14.0. The molecule has 2 rings (SSSR count). The maximum Gasteiger partial charge on any atom is 0.324 e. The third-order valence-electron chi connectivity index (χ3n) is 3.73. The minimum absolute atomic E-state index is 0.146. The van der Waals surface area contributed by atoms with E-state index < -0.39 is 11.5 Å². The fraction of sp³-hybridized carbons (Fsp3) is 0.533. The van der Waals surface area contributed by atoms with Crippen LogP contribution in [-0.2, 0) is 4.79 Å². The Morgan fingerprint density at radius 2 is 2.00 bits per heavy atom. The summed E-state index contributed by atoms with van der Waals surface area (Å²) in [5.41, 5.74) is 6.28. The van der Waals surface area contributed by atoms with Crippen LogP contribution in [0.4, 0.5) is 0 Å². The normalized spacial score (nSPS) is 18.3. The van der Waals surface area contributed by atoms with Gasteiger partial charge in [0.1, 0.15) is 5.54 Å². The molecule has 0 spiro atoms. The summed E-state index contributed by atoms with van der Waals surface area (Å²) in [6.45, 7) is 4.31. The number of hydrogen-bond acceptors (Lipinski definition) is 3. The van der Waals surface area contributed by atoms with Gasteiger partial charge in [-0.1, -0.05) is 26.0 Å². The smallest absolute Gasteiger partial charge is 0.324 e. The van der Waals surface area contributed by atoms with Crippen LogP contribution in [0, 0.1) is 5.92 Å². The number of benzene rings is 1. The molecule has 1 aliphatic rings. The van der Waals surface area contributed by atoms with Gasteiger partial charge in [-0.05, 0) is 42.4 Å². The molecule has 1 aromatic rings. The predicted molar refractivity (Wildman–Crippen MR) is 78.5 cm³/mol. The number of carbonyl (C=O) groups is 1. The molecule has 3 N–H and O–H groups in total. The van der Waals surface area contributed by atoms with Crippen LogP contribution in [0.2, 0.25) is 0 Å². The van der Waals surface area contributed by atoms with Crippen molar-refractivity contribution in [3.05, 3.63) is 29.8 Å². The molecule has 0 radical (unpaired) electrons. The van der Waals surface area contributed by atoms with Gasteiger partial charge in [-0.15, -0.1) is 11.8 Å². The monoisotopic (exact) mass is 279 g/mol. The number of thioether (sulfide) groups is 1. The highest BCUT2D eigenvalue weighted by atomic mass is 32.2. The Hall–Kier alpha value is -1.00. The number of hydrogen-bond donors (Lipinski definition) is 2. The summed E-state index contributed by atoms with van der Waals surface area (Å²) < 4.78 is 0. The number of nitrogens with two attached hydrogens (primary N) is 1. The SMILES string of the molecule is CC(C)c1ccc(SCC(N)(C(=O)O)C2CC2)cc1. The van der Waals surface area contributed by atoms with E-state index in [2.05, 4.69) is 38.1 Å². The molecule has 3 nitrogen and oxygen atoms in total. The Morgan fingerprint density at radius 3 is 2.42 bits per heavy atom. The summed E-state index contributed by atoms with van der Waals surface area (Å²) in [6, 6.07) is 8.30. The van der Waals surface area contributed by atoms with Crippen LogP contribution in [0.5, 0.6) is 0 Å². The highest BCUT2D eigenvalue weighted by Gasteiger charge is 2.48. The summed E-state index contributed by atoms with van der Waals surface area (Å²) in [5, 5.41) is 9.30. The van der Waals surface area contributed by atoms with Crippen molar-refractivity contribution in [3.63, 3.8) is 0 Å². The summed E-state index contributed by atoms with van der Waals surface area (Å²) in [4.78, 5) is 12.4. The number of rotatable bonds is 6. The van der Waals surface area contributed by atoms with Crippen molar-refractivity contribution in [1.82, 2.24) is 0 Å². The maximum atomic E-state index is 11.3. The van der Waals surface area contributed by atoms with Crippen LogP contribution in [0.15, 0.2) is 29.2 Å². The van der Waals surface area contributed by atoms with Crippen molar-refractivity contribution in [2.75, 3.05) is 5.75 Å². The largest absolute Gasteiger partial charge is 0.480 e. The molecule has 1 saturated carbocycles. The second-order valence-corrected chi connectivity index (χ2v) is 6.68. The van der Waals surface area contributed by atoms with Crippen molar-refractivity contribution in [3.8, 4) is 0 Å². The van der Waals surface area contributed by atoms with Gasteiger partial charge in [0.25, 0.3) is 0 Å². The molecule has 4 heteroatoms. The van der Waals surface area contributed by atoms with Crippen LogP contribution in [0.1, 0.15) is 38.2 Å². The topological polar surface area (TPSA) is 63.3 Å². The molecular weight excluding hydrogens is 258 g/mol. The Balaban J connectivity index is 1.99. The molecule has 0 bridgehead atoms. The lowest BCUT2D eigenvalue weighted by Crippen LogP contribution is -2.52. The third kappa shape index (κ3) is 3.31. The lowest BCUT2D eigenvalue weighted by molar-refractivity contribution is -0.143. The van der Waals surface area contributed by atoms with Gasteiger partial charge < -0.3 is 10.8 Å². The predicted octanol–water partition coefficient (Wildman–Crippen LogP) is 3.09. The van der Waals surface area contributed by atoms with Crippen molar-refractivity contribution >= 4 is 17.7 Å². The zero-order valence-electron chi connectivity index (χ0n) is 11.4. The van der Waals surface area contributed by atoms with Gasteiger partial charge in [0, 0.05) is 10.6 Å². The maximum absolute atomic E-state index is 11.3. The fourth-order valence-corrected chi connectivity index (χ4v) is 3.20. The zero-order valence-corrected chi connectivity index (χ0v) is 12.2. The minimum atomic E-state index is -1.07. The molecule has 1 aromatic carbocycles. The summed E-state index contributed by atoms with van der Waals surface area (Å²) in [7, 11) is 0. The molecule has 19 heavy (non-hydrogen) atoms. The second-order valence-electron chi connectivity index (χ2n) is 5.63. The molecular formula is C15H21NO2S. The van der Waals surface area contributed by atoms with Crippen LogP contribution >= 0.6 is 11.8 Å². The molecule has 0 saturated heterocycles. The first-order chi connectivity index (χ1) is 8.93. The Bertz CT molecular complexity index is 454. The number of aliphatic carboxylic acids is 1. The molecule has 1 aliphatic carbocycles. The molecule has 0 aromatic heterocycles. The average molecular weight is 279 g/mol. The summed E-state index contributed by atoms with van der Waals surface area (Å²) in [6.07, 6.45) is 1.88. The highest BCUT2D eigenvalue weighted by Crippen LogP contribution is 2.41. The van der Waals surface area contributed by atoms with E-state index in [4.69, 9.17) is 5.73 Å². The fourth-order valence-electron chi connectivity index (χ4n) is 2.10. The minimum Gasteiger partial charge on any atom is -0.480 e. The van der Waals surface area contributed by atoms with Crippen LogP contribution < -0.4 is 5.73 Å². The molecule has 1 fully saturated rings. The van der Waals surface area contributed by atoms with E-state index in [1.807, 2.05) is 0 Å². The van der Waals surface area contributed by atoms with Gasteiger partial charge in [0.2, 0.25) is 0 Å². The van der Waals surface area contributed by atoms with Crippen LogP contribution in [-0.4, -0.2) is 22.4 Å². The van der Waals surface area contributed by atoms with E-state index >= 15 is 0 Å². The lowest BCUT2D eigenvalue weighted by Gasteiger charge is -2.24. The van der Waals surface area contributed by atoms with Crippen molar-refractivity contribution in [1.29, 1.82) is 0 Å². The molecule has 0 amide bonds. The molecule has 0 aliphatic heterocycles. The van der Waals surface area contributed by atoms with Crippen molar-refractivity contribution < 1.29 is 9.90 Å². The number of carboxylic acid groups (broad SMARTS) is 1. The Labute approximate surface area is 118 Å². The number of carboxylic acids is 1. The van der Waals surface area contributed by atoms with Crippen molar-refractivity contribution in [2.24, 2.45) is 11.7 Å². The lowest BCUT2D eigenvalue weighted by atomic mass is 9.98. The van der Waals surface area contributed by atoms with Gasteiger partial charge in [0.15, 0.2) is 0 Å². The molecule has 1 atom stereocenters. The molecule has 0 heterocycles. The summed E-state index contributed by atoms with van der Waals surface area (Å²) >= 11 is 1.54. The third-order valence-corrected chi connectivity index (χ3v) is 4.96. The van der Waals surface area contributed by atoms with E-state index in [1.54, 1.807) is 0 Å². The van der Waals surface area contributed by atoms with E-state index in [-0.39, 0.29) is 5.92 Å². The average Bonchev–Trinajstić information content (AvgIpc) is 3.20. The molecule has 1 unspecified atom stereocenters. The quantitative estimate of drug-likeness (QED) is 0.785. The first-order valence-electron chi connectivity index (χ1n) is 6.68. The standard InChI is InChI=1S/C15H21NO2S/c1-10(2)11-3-7-13(8-4-11)19-9-15(16,14(17)18)12-5-6-12/h3-4,7-8,10,12H,5-6,9,16H2,1-2H3,(H,17,18). The van der Waals surface area contributed by atoms with E-state index in [1.165, 1.54) is 17.3 Å². The van der Waals surface area contributed by atoms with Crippen molar-refractivity contribution in [2.45, 2.75) is 43.0 Å². The van der Waals surface area contributed by atoms with E-state index in [0.29, 0.717) is 11.7 Å². The summed E-state index contributed by atoms with van der Waals surface area (Å²) in [5.74, 6) is 0.223. The van der Waals surface area contributed by atoms with Crippen LogP contribution in [0.25, 0.3) is 0 Å². The van der Waals surface area contributed by atoms with Gasteiger partial charge in [-0.2, -0.15) is 0 Å². The highest BCUT2D eigenvalue weighted by molar-refractivity contribution is 7.99. The van der Waals surface area contributed by atoms with E-state index in [0.717, 1.165) is 17.7 Å². The first-order valence-corrected chi connectivity index (χ1v) is 7.67. The van der Waals surface area contributed by atoms with Crippen LogP contribution in [0.3, 0.4) is 0 Å². The van der Waals surface area contributed by atoms with Gasteiger partial charge in [-0.25, -0.2) is 0 Å². The second kappa shape index (κ2) is 5.55.